The maximum absolute atomic E-state index is 12.4. The monoisotopic (exact) mass is 315 g/mol. The zero-order valence-corrected chi connectivity index (χ0v) is 13.6. The molecule has 2 heterocycles. The Kier molecular flexibility index (Phi) is 3.62. The summed E-state index contributed by atoms with van der Waals surface area (Å²) in [5.74, 6) is -0.282. The van der Waals surface area contributed by atoms with Gasteiger partial charge in [0.15, 0.2) is 0 Å². The zero-order chi connectivity index (χ0) is 16.8. The van der Waals surface area contributed by atoms with E-state index in [1.165, 1.54) is 10.5 Å². The number of amides is 4. The number of carbonyl (C=O) groups is 3. The number of imide groups is 1. The second-order valence-corrected chi connectivity index (χ2v) is 7.11. The highest BCUT2D eigenvalue weighted by Crippen LogP contribution is 2.24. The second-order valence-electron chi connectivity index (χ2n) is 7.11. The molecule has 0 bridgehead atoms. The van der Waals surface area contributed by atoms with Gasteiger partial charge in [0, 0.05) is 18.7 Å². The van der Waals surface area contributed by atoms with Crippen LogP contribution in [0.2, 0.25) is 0 Å². The number of nitrogens with zero attached hydrogens (tertiary/aromatic N) is 2. The van der Waals surface area contributed by atoms with Crippen LogP contribution in [0, 0.1) is 0 Å². The first kappa shape index (κ1) is 15.5. The van der Waals surface area contributed by atoms with Gasteiger partial charge in [-0.2, -0.15) is 0 Å². The lowest BCUT2D eigenvalue weighted by Gasteiger charge is -2.42. The minimum absolute atomic E-state index is 0.0485. The summed E-state index contributed by atoms with van der Waals surface area (Å²) >= 11 is 0. The Morgan fingerprint density at radius 2 is 1.74 bits per heavy atom. The summed E-state index contributed by atoms with van der Waals surface area (Å²) in [6.45, 7) is 7.24. The van der Waals surface area contributed by atoms with Gasteiger partial charge in [0.2, 0.25) is 5.91 Å². The van der Waals surface area contributed by atoms with Crippen LogP contribution in [0.15, 0.2) is 24.3 Å². The molecule has 1 aromatic rings. The summed E-state index contributed by atoms with van der Waals surface area (Å²) in [7, 11) is 0. The van der Waals surface area contributed by atoms with Crippen molar-refractivity contribution in [1.29, 1.82) is 0 Å². The van der Waals surface area contributed by atoms with Crippen molar-refractivity contribution in [2.24, 2.45) is 0 Å². The van der Waals surface area contributed by atoms with Crippen LogP contribution in [-0.4, -0.2) is 53.3 Å². The molecule has 2 aliphatic heterocycles. The fourth-order valence-corrected chi connectivity index (χ4v) is 2.88. The lowest BCUT2D eigenvalue weighted by molar-refractivity contribution is -0.128. The topological polar surface area (TPSA) is 69.7 Å². The number of nitrogens with one attached hydrogen (secondary N) is 1. The summed E-state index contributed by atoms with van der Waals surface area (Å²) in [5, 5.41) is 2.50. The molecule has 2 fully saturated rings. The average Bonchev–Trinajstić information content (AvgIpc) is 2.77. The maximum atomic E-state index is 12.4. The number of carbonyl (C=O) groups excluding carboxylic acids is 3. The first-order chi connectivity index (χ1) is 10.8. The van der Waals surface area contributed by atoms with Crippen molar-refractivity contribution in [1.82, 2.24) is 15.1 Å². The number of hydrogen-bond acceptors (Lipinski definition) is 3. The molecule has 3 rings (SSSR count). The fraction of sp³-hybridized carbons (Fsp3) is 0.471. The first-order valence-electron chi connectivity index (χ1n) is 7.77. The van der Waals surface area contributed by atoms with Crippen LogP contribution in [0.25, 0.3) is 0 Å². The lowest BCUT2D eigenvalue weighted by Crippen LogP contribution is -2.62. The molecule has 0 atom stereocenters. The molecule has 4 amide bonds. The van der Waals surface area contributed by atoms with Crippen LogP contribution in [0.5, 0.6) is 0 Å². The minimum Gasteiger partial charge on any atom is -0.334 e. The number of benzene rings is 1. The van der Waals surface area contributed by atoms with Crippen molar-refractivity contribution in [3.63, 3.8) is 0 Å². The summed E-state index contributed by atoms with van der Waals surface area (Å²) in [6, 6.07) is 7.06. The Hall–Kier alpha value is -2.37. The molecule has 122 valence electrons. The highest BCUT2D eigenvalue weighted by Gasteiger charge is 2.43. The quantitative estimate of drug-likeness (QED) is 0.838. The van der Waals surface area contributed by atoms with Crippen LogP contribution in [0.4, 0.5) is 4.79 Å². The molecule has 1 N–H and O–H groups in total. The van der Waals surface area contributed by atoms with Gasteiger partial charge in [0.25, 0.3) is 5.91 Å². The molecule has 2 saturated heterocycles. The SMILES string of the molecule is CC(C)(C)c1ccc(C(=O)N2CC(N3C(=O)CNC3=O)C2)cc1. The van der Waals surface area contributed by atoms with Gasteiger partial charge in [0.05, 0.1) is 12.6 Å². The third kappa shape index (κ3) is 2.81. The second kappa shape index (κ2) is 5.37. The number of rotatable bonds is 2. The van der Waals surface area contributed by atoms with Crippen LogP contribution >= 0.6 is 0 Å². The van der Waals surface area contributed by atoms with E-state index in [4.69, 9.17) is 0 Å². The molecule has 6 heteroatoms. The van der Waals surface area contributed by atoms with Crippen molar-refractivity contribution in [3.05, 3.63) is 35.4 Å². The van der Waals surface area contributed by atoms with Crippen LogP contribution in [0.3, 0.4) is 0 Å². The molecule has 1 aromatic carbocycles. The Bertz CT molecular complexity index is 639. The normalized spacial score (nSPS) is 18.9. The van der Waals surface area contributed by atoms with E-state index >= 15 is 0 Å². The van der Waals surface area contributed by atoms with E-state index in [9.17, 15) is 14.4 Å². The molecule has 23 heavy (non-hydrogen) atoms. The molecule has 0 spiro atoms. The summed E-state index contributed by atoms with van der Waals surface area (Å²) < 4.78 is 0. The zero-order valence-electron chi connectivity index (χ0n) is 13.6. The Morgan fingerprint density at radius 3 is 2.22 bits per heavy atom. The number of likely N-dealkylation sites (tertiary alicyclic amines) is 1. The highest BCUT2D eigenvalue weighted by atomic mass is 16.2. The van der Waals surface area contributed by atoms with E-state index in [0.29, 0.717) is 18.7 Å². The average molecular weight is 315 g/mol. The molecule has 0 radical (unpaired) electrons. The Balaban J connectivity index is 1.63. The van der Waals surface area contributed by atoms with E-state index in [1.54, 1.807) is 4.90 Å². The third-order valence-corrected chi connectivity index (χ3v) is 4.39. The number of hydrogen-bond donors (Lipinski definition) is 1. The fourth-order valence-electron chi connectivity index (χ4n) is 2.88. The molecule has 0 saturated carbocycles. The molecule has 2 aliphatic rings. The van der Waals surface area contributed by atoms with Gasteiger partial charge in [-0.25, -0.2) is 4.79 Å². The van der Waals surface area contributed by atoms with Crippen molar-refractivity contribution < 1.29 is 14.4 Å². The maximum Gasteiger partial charge on any atom is 0.324 e. The predicted molar refractivity (Wildman–Crippen MR) is 85.1 cm³/mol. The highest BCUT2D eigenvalue weighted by molar-refractivity contribution is 6.03. The van der Waals surface area contributed by atoms with Gasteiger partial charge in [-0.3, -0.25) is 14.5 Å². The summed E-state index contributed by atoms with van der Waals surface area (Å²) in [6.07, 6.45) is 0. The third-order valence-electron chi connectivity index (χ3n) is 4.39. The standard InChI is InChI=1S/C17H21N3O3/c1-17(2,3)12-6-4-11(5-7-12)15(22)19-9-13(10-19)20-14(21)8-18-16(20)23/h4-7,13H,8-10H2,1-3H3,(H,18,23). The Labute approximate surface area is 135 Å². The van der Waals surface area contributed by atoms with Crippen molar-refractivity contribution in [2.75, 3.05) is 19.6 Å². The molecular formula is C17H21N3O3. The smallest absolute Gasteiger partial charge is 0.324 e. The lowest BCUT2D eigenvalue weighted by atomic mass is 9.86. The minimum atomic E-state index is -0.360. The van der Waals surface area contributed by atoms with Gasteiger partial charge in [-0.1, -0.05) is 32.9 Å². The van der Waals surface area contributed by atoms with Gasteiger partial charge in [0.1, 0.15) is 0 Å². The van der Waals surface area contributed by atoms with Gasteiger partial charge in [-0.15, -0.1) is 0 Å². The summed E-state index contributed by atoms with van der Waals surface area (Å²) in [5.41, 5.74) is 1.86. The molecule has 0 aliphatic carbocycles. The molecule has 0 aromatic heterocycles. The first-order valence-corrected chi connectivity index (χ1v) is 7.77. The molecule has 0 unspecified atom stereocenters. The van der Waals surface area contributed by atoms with E-state index in [0.717, 1.165) is 0 Å². The molecule has 6 nitrogen and oxygen atoms in total. The van der Waals surface area contributed by atoms with Crippen molar-refractivity contribution in [2.45, 2.75) is 32.2 Å². The van der Waals surface area contributed by atoms with Crippen LogP contribution in [0.1, 0.15) is 36.7 Å². The van der Waals surface area contributed by atoms with Crippen LogP contribution < -0.4 is 5.32 Å². The van der Waals surface area contributed by atoms with E-state index in [2.05, 4.69) is 26.1 Å². The predicted octanol–water partition coefficient (Wildman–Crippen LogP) is 1.36. The van der Waals surface area contributed by atoms with E-state index < -0.39 is 0 Å². The number of urea groups is 1. The van der Waals surface area contributed by atoms with E-state index in [1.807, 2.05) is 24.3 Å². The summed E-state index contributed by atoms with van der Waals surface area (Å²) in [4.78, 5) is 38.5. The largest absolute Gasteiger partial charge is 0.334 e. The van der Waals surface area contributed by atoms with Crippen molar-refractivity contribution >= 4 is 17.8 Å². The van der Waals surface area contributed by atoms with Crippen LogP contribution in [-0.2, 0) is 10.2 Å². The van der Waals surface area contributed by atoms with Gasteiger partial charge in [-0.05, 0) is 23.1 Å². The van der Waals surface area contributed by atoms with E-state index in [-0.39, 0.29) is 35.8 Å². The van der Waals surface area contributed by atoms with Gasteiger partial charge >= 0.3 is 6.03 Å². The van der Waals surface area contributed by atoms with Gasteiger partial charge < -0.3 is 10.2 Å². The van der Waals surface area contributed by atoms with Crippen molar-refractivity contribution in [3.8, 4) is 0 Å². The Morgan fingerprint density at radius 1 is 1.13 bits per heavy atom. The molecular weight excluding hydrogens is 294 g/mol.